The zero-order valence-corrected chi connectivity index (χ0v) is 13.0. The van der Waals surface area contributed by atoms with Gasteiger partial charge in [-0.25, -0.2) is 0 Å². The average Bonchev–Trinajstić information content (AvgIpc) is 2.89. The maximum absolute atomic E-state index is 3.70. The maximum Gasteiger partial charge on any atom is 0.0208 e. The predicted octanol–water partition coefficient (Wildman–Crippen LogP) is 4.65. The molecule has 0 radical (unpaired) electrons. The van der Waals surface area contributed by atoms with Gasteiger partial charge in [-0.05, 0) is 42.2 Å². The van der Waals surface area contributed by atoms with E-state index in [0.29, 0.717) is 6.04 Å². The van der Waals surface area contributed by atoms with Crippen LogP contribution >= 0.6 is 0 Å². The zero-order chi connectivity index (χ0) is 13.9. The Labute approximate surface area is 118 Å². The molecule has 1 N–H and O–H groups in total. The van der Waals surface area contributed by atoms with Crippen molar-refractivity contribution in [1.82, 2.24) is 5.32 Å². The summed E-state index contributed by atoms with van der Waals surface area (Å²) < 4.78 is 0. The highest BCUT2D eigenvalue weighted by Gasteiger charge is 2.20. The molecule has 1 saturated carbocycles. The third kappa shape index (κ3) is 4.07. The van der Waals surface area contributed by atoms with Gasteiger partial charge in [0.2, 0.25) is 0 Å². The van der Waals surface area contributed by atoms with Crippen LogP contribution in [0.1, 0.15) is 64.5 Å². The van der Waals surface area contributed by atoms with Crippen molar-refractivity contribution in [3.05, 3.63) is 35.4 Å². The summed E-state index contributed by atoms with van der Waals surface area (Å²) >= 11 is 0. The first kappa shape index (κ1) is 14.6. The van der Waals surface area contributed by atoms with Gasteiger partial charge in [-0.15, -0.1) is 0 Å². The lowest BCUT2D eigenvalue weighted by atomic mass is 9.87. The number of rotatable bonds is 4. The van der Waals surface area contributed by atoms with E-state index in [2.05, 4.69) is 57.3 Å². The molecule has 1 nitrogen and oxygen atoms in total. The van der Waals surface area contributed by atoms with E-state index in [1.54, 1.807) is 0 Å². The predicted molar refractivity (Wildman–Crippen MR) is 83.4 cm³/mol. The molecule has 0 aromatic heterocycles. The zero-order valence-electron chi connectivity index (χ0n) is 13.0. The Morgan fingerprint density at radius 1 is 1.11 bits per heavy atom. The average molecular weight is 259 g/mol. The molecule has 1 atom stereocenters. The van der Waals surface area contributed by atoms with Gasteiger partial charge in [-0.1, -0.05) is 57.9 Å². The van der Waals surface area contributed by atoms with E-state index < -0.39 is 0 Å². The molecular formula is C18H29N. The van der Waals surface area contributed by atoms with Crippen LogP contribution in [0.4, 0.5) is 0 Å². The minimum atomic E-state index is 0.253. The van der Waals surface area contributed by atoms with E-state index >= 15 is 0 Å². The first-order valence-electron chi connectivity index (χ1n) is 7.79. The molecule has 1 fully saturated rings. The molecular weight excluding hydrogens is 230 g/mol. The fourth-order valence-electron chi connectivity index (χ4n) is 3.03. The monoisotopic (exact) mass is 259 g/mol. The van der Waals surface area contributed by atoms with Crippen molar-refractivity contribution in [2.75, 3.05) is 0 Å². The summed E-state index contributed by atoms with van der Waals surface area (Å²) in [6, 6.07) is 9.75. The minimum absolute atomic E-state index is 0.253. The summed E-state index contributed by atoms with van der Waals surface area (Å²) in [5.41, 5.74) is 3.07. The first-order valence-corrected chi connectivity index (χ1v) is 7.79. The third-order valence-corrected chi connectivity index (χ3v) is 4.56. The van der Waals surface area contributed by atoms with Crippen LogP contribution in [0.3, 0.4) is 0 Å². The molecule has 2 rings (SSSR count). The standard InChI is InChI=1S/C18H29N/c1-14(16-7-5-6-8-16)19-13-15-9-11-17(12-10-15)18(2,3)4/h9-12,14,16,19H,5-8,13H2,1-4H3/t14-/m0/s1. The molecule has 1 aromatic rings. The van der Waals surface area contributed by atoms with E-state index in [4.69, 9.17) is 0 Å². The SMILES string of the molecule is C[C@H](NCc1ccc(C(C)(C)C)cc1)C1CCCC1. The van der Waals surface area contributed by atoms with Crippen molar-refractivity contribution in [2.24, 2.45) is 5.92 Å². The summed E-state index contributed by atoms with van der Waals surface area (Å²) in [6.45, 7) is 10.1. The van der Waals surface area contributed by atoms with E-state index in [0.717, 1.165) is 12.5 Å². The Balaban J connectivity index is 1.86. The fraction of sp³-hybridized carbons (Fsp3) is 0.667. The lowest BCUT2D eigenvalue weighted by Crippen LogP contribution is -2.31. The van der Waals surface area contributed by atoms with E-state index in [1.165, 1.54) is 36.8 Å². The number of hydrogen-bond donors (Lipinski definition) is 1. The highest BCUT2D eigenvalue weighted by atomic mass is 14.9. The number of nitrogens with one attached hydrogen (secondary N) is 1. The molecule has 1 aliphatic rings. The summed E-state index contributed by atoms with van der Waals surface area (Å²) in [7, 11) is 0. The van der Waals surface area contributed by atoms with Crippen molar-refractivity contribution in [3.63, 3.8) is 0 Å². The molecule has 0 aliphatic heterocycles. The van der Waals surface area contributed by atoms with Crippen molar-refractivity contribution in [3.8, 4) is 0 Å². The molecule has 0 heterocycles. The Morgan fingerprint density at radius 3 is 2.21 bits per heavy atom. The van der Waals surface area contributed by atoms with Gasteiger partial charge in [0.15, 0.2) is 0 Å². The van der Waals surface area contributed by atoms with Gasteiger partial charge < -0.3 is 5.32 Å². The summed E-state index contributed by atoms with van der Waals surface area (Å²) in [5, 5.41) is 3.70. The van der Waals surface area contributed by atoms with Gasteiger partial charge in [0.05, 0.1) is 0 Å². The van der Waals surface area contributed by atoms with Crippen LogP contribution in [0, 0.1) is 5.92 Å². The molecule has 1 aliphatic carbocycles. The Bertz CT molecular complexity index is 379. The van der Waals surface area contributed by atoms with E-state index in [1.807, 2.05) is 0 Å². The topological polar surface area (TPSA) is 12.0 Å². The number of benzene rings is 1. The second-order valence-electron chi connectivity index (χ2n) is 7.16. The molecule has 0 unspecified atom stereocenters. The van der Waals surface area contributed by atoms with Gasteiger partial charge in [0, 0.05) is 12.6 Å². The fourth-order valence-corrected chi connectivity index (χ4v) is 3.03. The Hall–Kier alpha value is -0.820. The van der Waals surface area contributed by atoms with Crippen molar-refractivity contribution in [1.29, 1.82) is 0 Å². The summed E-state index contributed by atoms with van der Waals surface area (Å²) in [6.07, 6.45) is 5.68. The second kappa shape index (κ2) is 6.09. The van der Waals surface area contributed by atoms with Gasteiger partial charge in [-0.3, -0.25) is 0 Å². The molecule has 1 heteroatoms. The van der Waals surface area contributed by atoms with Gasteiger partial charge in [0.25, 0.3) is 0 Å². The van der Waals surface area contributed by atoms with Crippen molar-refractivity contribution < 1.29 is 0 Å². The highest BCUT2D eigenvalue weighted by molar-refractivity contribution is 5.27. The van der Waals surface area contributed by atoms with Gasteiger partial charge in [-0.2, -0.15) is 0 Å². The van der Waals surface area contributed by atoms with Crippen molar-refractivity contribution in [2.45, 2.75) is 71.4 Å². The van der Waals surface area contributed by atoms with Crippen LogP contribution in [0.5, 0.6) is 0 Å². The van der Waals surface area contributed by atoms with E-state index in [-0.39, 0.29) is 5.41 Å². The van der Waals surface area contributed by atoms with Crippen LogP contribution in [-0.4, -0.2) is 6.04 Å². The summed E-state index contributed by atoms with van der Waals surface area (Å²) in [4.78, 5) is 0. The maximum atomic E-state index is 3.70. The largest absolute Gasteiger partial charge is 0.310 e. The molecule has 19 heavy (non-hydrogen) atoms. The lowest BCUT2D eigenvalue weighted by molar-refractivity contribution is 0.380. The first-order chi connectivity index (χ1) is 8.97. The van der Waals surface area contributed by atoms with Crippen LogP contribution in [0.15, 0.2) is 24.3 Å². The molecule has 0 bridgehead atoms. The molecule has 0 amide bonds. The second-order valence-corrected chi connectivity index (χ2v) is 7.16. The molecule has 106 valence electrons. The smallest absolute Gasteiger partial charge is 0.0208 e. The van der Waals surface area contributed by atoms with Gasteiger partial charge in [0.1, 0.15) is 0 Å². The minimum Gasteiger partial charge on any atom is -0.310 e. The van der Waals surface area contributed by atoms with Crippen LogP contribution in [0.25, 0.3) is 0 Å². The Kier molecular flexibility index (Phi) is 4.67. The Morgan fingerprint density at radius 2 is 1.68 bits per heavy atom. The lowest BCUT2D eigenvalue weighted by Gasteiger charge is -2.21. The molecule has 0 saturated heterocycles. The van der Waals surface area contributed by atoms with E-state index in [9.17, 15) is 0 Å². The normalized spacial score (nSPS) is 18.7. The van der Waals surface area contributed by atoms with Crippen LogP contribution in [0.2, 0.25) is 0 Å². The number of hydrogen-bond acceptors (Lipinski definition) is 1. The van der Waals surface area contributed by atoms with Crippen molar-refractivity contribution >= 4 is 0 Å². The molecule has 0 spiro atoms. The summed E-state index contributed by atoms with van der Waals surface area (Å²) in [5.74, 6) is 0.897. The van der Waals surface area contributed by atoms with Gasteiger partial charge >= 0.3 is 0 Å². The molecule has 1 aromatic carbocycles. The highest BCUT2D eigenvalue weighted by Crippen LogP contribution is 2.27. The quantitative estimate of drug-likeness (QED) is 0.829. The van der Waals surface area contributed by atoms with Crippen LogP contribution < -0.4 is 5.32 Å². The third-order valence-electron chi connectivity index (χ3n) is 4.56. The van der Waals surface area contributed by atoms with Crippen LogP contribution in [-0.2, 0) is 12.0 Å².